The third kappa shape index (κ3) is 2.61. The maximum atomic E-state index is 12.3. The van der Waals surface area contributed by atoms with E-state index in [0.717, 1.165) is 11.1 Å². The highest BCUT2D eigenvalue weighted by atomic mass is 32.2. The third-order valence-corrected chi connectivity index (χ3v) is 4.81. The average molecular weight is 323 g/mol. The molecule has 0 aliphatic carbocycles. The van der Waals surface area contributed by atoms with Crippen LogP contribution in [0.2, 0.25) is 0 Å². The molecule has 6 heteroatoms. The number of nitrogens with zero attached hydrogens (tertiary/aromatic N) is 3. The summed E-state index contributed by atoms with van der Waals surface area (Å²) in [5, 5.41) is 8.02. The number of amides is 1. The summed E-state index contributed by atoms with van der Waals surface area (Å²) in [5.41, 5.74) is 1.88. The summed E-state index contributed by atoms with van der Waals surface area (Å²) in [6.07, 6.45) is 0. The third-order valence-electron chi connectivity index (χ3n) is 3.59. The molecule has 1 atom stereocenters. The summed E-state index contributed by atoms with van der Waals surface area (Å²) in [6.45, 7) is 0. The molecule has 1 aliphatic heterocycles. The van der Waals surface area contributed by atoms with Gasteiger partial charge in [0.05, 0.1) is 5.75 Å². The second-order valence-electron chi connectivity index (χ2n) is 5.09. The fourth-order valence-electron chi connectivity index (χ4n) is 2.51. The lowest BCUT2D eigenvalue weighted by molar-refractivity contribution is -0.116. The first-order chi connectivity index (χ1) is 11.3. The van der Waals surface area contributed by atoms with Crippen LogP contribution in [0.25, 0.3) is 11.5 Å². The Labute approximate surface area is 137 Å². The number of thioether (sulfide) groups is 1. The van der Waals surface area contributed by atoms with E-state index >= 15 is 0 Å². The van der Waals surface area contributed by atoms with Crippen LogP contribution in [-0.4, -0.2) is 21.9 Å². The van der Waals surface area contributed by atoms with Gasteiger partial charge in [0.2, 0.25) is 11.8 Å². The summed E-state index contributed by atoms with van der Waals surface area (Å²) in [4.78, 5) is 13.9. The molecule has 0 saturated carbocycles. The highest BCUT2D eigenvalue weighted by Gasteiger charge is 2.37. The molecule has 114 valence electrons. The molecule has 1 aliphatic rings. The SMILES string of the molecule is O=C1CSC(c2ccccc2)N1c1nnc(-c2ccccc2)o1. The molecule has 1 fully saturated rings. The molecule has 1 aromatic heterocycles. The first kappa shape index (κ1) is 14.0. The first-order valence-electron chi connectivity index (χ1n) is 7.20. The van der Waals surface area contributed by atoms with Crippen molar-refractivity contribution in [3.8, 4) is 11.5 Å². The van der Waals surface area contributed by atoms with E-state index in [0.29, 0.717) is 11.6 Å². The Hall–Kier alpha value is -2.60. The lowest BCUT2D eigenvalue weighted by atomic mass is 10.2. The topological polar surface area (TPSA) is 59.2 Å². The fourth-order valence-corrected chi connectivity index (χ4v) is 3.65. The van der Waals surface area contributed by atoms with E-state index in [-0.39, 0.29) is 17.3 Å². The van der Waals surface area contributed by atoms with Crippen LogP contribution >= 0.6 is 11.8 Å². The Kier molecular flexibility index (Phi) is 3.59. The minimum atomic E-state index is -0.132. The smallest absolute Gasteiger partial charge is 0.326 e. The van der Waals surface area contributed by atoms with Gasteiger partial charge in [-0.15, -0.1) is 16.9 Å². The van der Waals surface area contributed by atoms with Crippen molar-refractivity contribution in [2.75, 3.05) is 10.7 Å². The zero-order valence-corrected chi connectivity index (χ0v) is 12.9. The van der Waals surface area contributed by atoms with Crippen molar-refractivity contribution >= 4 is 23.7 Å². The largest absolute Gasteiger partial charge is 0.403 e. The van der Waals surface area contributed by atoms with Crippen molar-refractivity contribution in [3.05, 3.63) is 66.2 Å². The van der Waals surface area contributed by atoms with Crippen LogP contribution in [-0.2, 0) is 4.79 Å². The van der Waals surface area contributed by atoms with Crippen molar-refractivity contribution in [2.45, 2.75) is 5.37 Å². The van der Waals surface area contributed by atoms with Crippen LogP contribution in [0.3, 0.4) is 0 Å². The van der Waals surface area contributed by atoms with Crippen LogP contribution < -0.4 is 4.90 Å². The fraction of sp³-hybridized carbons (Fsp3) is 0.118. The van der Waals surface area contributed by atoms with Crippen molar-refractivity contribution in [2.24, 2.45) is 0 Å². The van der Waals surface area contributed by atoms with Gasteiger partial charge >= 0.3 is 6.01 Å². The number of rotatable bonds is 3. The number of carbonyl (C=O) groups excluding carboxylic acids is 1. The normalized spacial score (nSPS) is 17.7. The van der Waals surface area contributed by atoms with E-state index in [1.54, 1.807) is 16.7 Å². The summed E-state index contributed by atoms with van der Waals surface area (Å²) in [5.74, 6) is 0.798. The summed E-state index contributed by atoms with van der Waals surface area (Å²) in [7, 11) is 0. The molecular formula is C17H13N3O2S. The molecule has 2 aromatic carbocycles. The van der Waals surface area contributed by atoms with Crippen LogP contribution in [0, 0.1) is 0 Å². The average Bonchev–Trinajstić information content (AvgIpc) is 3.23. The molecular weight excluding hydrogens is 310 g/mol. The van der Waals surface area contributed by atoms with E-state index in [9.17, 15) is 4.79 Å². The molecule has 23 heavy (non-hydrogen) atoms. The molecule has 0 spiro atoms. The monoisotopic (exact) mass is 323 g/mol. The molecule has 2 heterocycles. The van der Waals surface area contributed by atoms with Crippen molar-refractivity contribution in [3.63, 3.8) is 0 Å². The molecule has 3 aromatic rings. The van der Waals surface area contributed by atoms with Crippen molar-refractivity contribution in [1.29, 1.82) is 0 Å². The molecule has 1 unspecified atom stereocenters. The Balaban J connectivity index is 1.68. The highest BCUT2D eigenvalue weighted by Crippen LogP contribution is 2.41. The number of hydrogen-bond donors (Lipinski definition) is 0. The van der Waals surface area contributed by atoms with Crippen LogP contribution in [0.5, 0.6) is 0 Å². The zero-order valence-electron chi connectivity index (χ0n) is 12.1. The maximum Gasteiger partial charge on any atom is 0.326 e. The summed E-state index contributed by atoms with van der Waals surface area (Å²) in [6, 6.07) is 19.6. The van der Waals surface area contributed by atoms with Crippen LogP contribution in [0.1, 0.15) is 10.9 Å². The Morgan fingerprint density at radius 3 is 2.43 bits per heavy atom. The van der Waals surface area contributed by atoms with Gasteiger partial charge in [0.1, 0.15) is 5.37 Å². The lowest BCUT2D eigenvalue weighted by Crippen LogP contribution is -2.28. The minimum absolute atomic E-state index is 0.0212. The van der Waals surface area contributed by atoms with Gasteiger partial charge in [0, 0.05) is 5.56 Å². The molecule has 4 rings (SSSR count). The van der Waals surface area contributed by atoms with E-state index < -0.39 is 0 Å². The predicted octanol–water partition coefficient (Wildman–Crippen LogP) is 3.52. The maximum absolute atomic E-state index is 12.3. The number of aromatic nitrogens is 2. The van der Waals surface area contributed by atoms with Gasteiger partial charge in [-0.2, -0.15) is 0 Å². The van der Waals surface area contributed by atoms with Gasteiger partial charge in [0.25, 0.3) is 0 Å². The number of carbonyl (C=O) groups is 1. The Morgan fingerprint density at radius 1 is 1.00 bits per heavy atom. The van der Waals surface area contributed by atoms with Crippen LogP contribution in [0.15, 0.2) is 65.1 Å². The predicted molar refractivity (Wildman–Crippen MR) is 88.9 cm³/mol. The number of hydrogen-bond acceptors (Lipinski definition) is 5. The van der Waals surface area contributed by atoms with Gasteiger partial charge in [-0.1, -0.05) is 53.6 Å². The molecule has 0 radical (unpaired) electrons. The summed E-state index contributed by atoms with van der Waals surface area (Å²) < 4.78 is 5.75. The molecule has 0 bridgehead atoms. The van der Waals surface area contributed by atoms with E-state index in [4.69, 9.17) is 4.42 Å². The van der Waals surface area contributed by atoms with E-state index in [1.165, 1.54) is 0 Å². The second kappa shape index (κ2) is 5.89. The van der Waals surface area contributed by atoms with Gasteiger partial charge in [-0.05, 0) is 17.7 Å². The van der Waals surface area contributed by atoms with Gasteiger partial charge in [-0.25, -0.2) is 4.90 Å². The first-order valence-corrected chi connectivity index (χ1v) is 8.25. The van der Waals surface area contributed by atoms with Gasteiger partial charge in [-0.3, -0.25) is 4.79 Å². The standard InChI is InChI=1S/C17H13N3O2S/c21-14-11-23-16(13-9-5-2-6-10-13)20(14)17-19-18-15(22-17)12-7-3-1-4-8-12/h1-10,16H,11H2. The van der Waals surface area contributed by atoms with Crippen LogP contribution in [0.4, 0.5) is 6.01 Å². The van der Waals surface area contributed by atoms with Gasteiger partial charge < -0.3 is 4.42 Å². The summed E-state index contributed by atoms with van der Waals surface area (Å²) >= 11 is 1.56. The minimum Gasteiger partial charge on any atom is -0.403 e. The van der Waals surface area contributed by atoms with E-state index in [2.05, 4.69) is 10.2 Å². The van der Waals surface area contributed by atoms with Gasteiger partial charge in [0.15, 0.2) is 0 Å². The molecule has 1 amide bonds. The van der Waals surface area contributed by atoms with Crippen molar-refractivity contribution in [1.82, 2.24) is 10.2 Å². The molecule has 5 nitrogen and oxygen atoms in total. The Bertz CT molecular complexity index is 820. The number of benzene rings is 2. The Morgan fingerprint density at radius 2 is 1.70 bits per heavy atom. The lowest BCUT2D eigenvalue weighted by Gasteiger charge is -2.19. The quantitative estimate of drug-likeness (QED) is 0.738. The molecule has 0 N–H and O–H groups in total. The van der Waals surface area contributed by atoms with Crippen molar-refractivity contribution < 1.29 is 9.21 Å². The zero-order chi connectivity index (χ0) is 15.6. The highest BCUT2D eigenvalue weighted by molar-refractivity contribution is 8.00. The molecule has 1 saturated heterocycles. The van der Waals surface area contributed by atoms with E-state index in [1.807, 2.05) is 60.7 Å². The second-order valence-corrected chi connectivity index (χ2v) is 6.16. The number of anilines is 1.